The molecule has 116 valence electrons. The molecule has 1 N–H and O–H groups in total. The molecule has 0 fully saturated rings. The van der Waals surface area contributed by atoms with Crippen molar-refractivity contribution in [1.29, 1.82) is 0 Å². The Morgan fingerprint density at radius 3 is 1.95 bits per heavy atom. The van der Waals surface area contributed by atoms with Crippen LogP contribution in [0.15, 0.2) is 36.5 Å². The minimum absolute atomic E-state index is 0.833. The monoisotopic (exact) mass is 280 g/mol. The lowest BCUT2D eigenvalue weighted by atomic mass is 10.1. The van der Waals surface area contributed by atoms with E-state index in [0.717, 1.165) is 6.92 Å². The van der Waals surface area contributed by atoms with Gasteiger partial charge in [0.15, 0.2) is 0 Å². The van der Waals surface area contributed by atoms with Crippen molar-refractivity contribution < 1.29 is 9.90 Å². The highest BCUT2D eigenvalue weighted by molar-refractivity contribution is 5.62. The van der Waals surface area contributed by atoms with Crippen molar-refractivity contribution in [3.63, 3.8) is 0 Å². The van der Waals surface area contributed by atoms with Gasteiger partial charge in [-0.3, -0.25) is 4.79 Å². The zero-order chi connectivity index (χ0) is 15.5. The summed E-state index contributed by atoms with van der Waals surface area (Å²) < 4.78 is 0. The third-order valence-corrected chi connectivity index (χ3v) is 2.64. The molecule has 0 spiro atoms. The van der Waals surface area contributed by atoms with E-state index in [1.807, 2.05) is 13.0 Å². The number of carboxylic acid groups (broad SMARTS) is 1. The second-order valence-electron chi connectivity index (χ2n) is 4.77. The smallest absolute Gasteiger partial charge is 0.300 e. The standard InChI is InChI=1S/C16H28.C2H4O2/c1-3-5-7-9-11-13-15-16-14-12-10-8-6-4-2;1-2(3)4/h3,5,7,9,11,13H,4,6,8,10,12,14-16H2,1-2H3;1H3,(H,3,4). The van der Waals surface area contributed by atoms with Crippen molar-refractivity contribution in [3.8, 4) is 0 Å². The maximum absolute atomic E-state index is 9.00. The predicted molar refractivity (Wildman–Crippen MR) is 89.0 cm³/mol. The zero-order valence-corrected chi connectivity index (χ0v) is 13.5. The lowest BCUT2D eigenvalue weighted by Crippen LogP contribution is -1.78. The van der Waals surface area contributed by atoms with E-state index in [-0.39, 0.29) is 0 Å². The molecule has 0 saturated carbocycles. The Morgan fingerprint density at radius 1 is 0.900 bits per heavy atom. The summed E-state index contributed by atoms with van der Waals surface area (Å²) in [4.78, 5) is 9.00. The molecule has 0 aromatic carbocycles. The molecule has 0 aliphatic heterocycles. The first-order chi connectivity index (χ1) is 9.65. The number of hydrogen-bond acceptors (Lipinski definition) is 1. The molecule has 0 rings (SSSR count). The van der Waals surface area contributed by atoms with Crippen molar-refractivity contribution in [1.82, 2.24) is 0 Å². The Balaban J connectivity index is 0. The highest BCUT2D eigenvalue weighted by Gasteiger charge is 1.88. The molecule has 0 unspecified atom stereocenters. The van der Waals surface area contributed by atoms with Crippen LogP contribution in [0.2, 0.25) is 0 Å². The summed E-state index contributed by atoms with van der Waals surface area (Å²) in [6, 6.07) is 0. The SMILES string of the molecule is CC(=O)O.CC=CC=CC=CCCCCCCCCC. The van der Waals surface area contributed by atoms with Gasteiger partial charge in [0, 0.05) is 6.92 Å². The van der Waals surface area contributed by atoms with Crippen LogP contribution in [-0.4, -0.2) is 11.1 Å². The number of carboxylic acids is 1. The summed E-state index contributed by atoms with van der Waals surface area (Å²) in [7, 11) is 0. The average Bonchev–Trinajstić information content (AvgIpc) is 2.39. The third-order valence-electron chi connectivity index (χ3n) is 2.64. The molecule has 0 atom stereocenters. The Bertz CT molecular complexity index is 271. The summed E-state index contributed by atoms with van der Waals surface area (Å²) >= 11 is 0. The van der Waals surface area contributed by atoms with Crippen molar-refractivity contribution in [2.24, 2.45) is 0 Å². The Hall–Kier alpha value is -1.31. The van der Waals surface area contributed by atoms with Gasteiger partial charge in [0.25, 0.3) is 5.97 Å². The fourth-order valence-corrected chi connectivity index (χ4v) is 1.63. The van der Waals surface area contributed by atoms with Crippen LogP contribution < -0.4 is 0 Å². The molecule has 0 saturated heterocycles. The Morgan fingerprint density at radius 2 is 1.40 bits per heavy atom. The zero-order valence-electron chi connectivity index (χ0n) is 13.5. The molecule has 2 nitrogen and oxygen atoms in total. The predicted octanol–water partition coefficient (Wildman–Crippen LogP) is 5.91. The lowest BCUT2D eigenvalue weighted by molar-refractivity contribution is -0.134. The van der Waals surface area contributed by atoms with Gasteiger partial charge in [-0.15, -0.1) is 0 Å². The minimum atomic E-state index is -0.833. The second-order valence-corrected chi connectivity index (χ2v) is 4.77. The van der Waals surface area contributed by atoms with Crippen LogP contribution in [0.4, 0.5) is 0 Å². The van der Waals surface area contributed by atoms with E-state index in [1.54, 1.807) is 0 Å². The van der Waals surface area contributed by atoms with Gasteiger partial charge < -0.3 is 5.11 Å². The first-order valence-electron chi connectivity index (χ1n) is 7.79. The Kier molecular flexibility index (Phi) is 21.0. The number of allylic oxidation sites excluding steroid dienone is 6. The van der Waals surface area contributed by atoms with Gasteiger partial charge in [0.05, 0.1) is 0 Å². The van der Waals surface area contributed by atoms with Gasteiger partial charge >= 0.3 is 0 Å². The van der Waals surface area contributed by atoms with Crippen LogP contribution in [0.3, 0.4) is 0 Å². The minimum Gasteiger partial charge on any atom is -0.481 e. The number of unbranched alkanes of at least 4 members (excludes halogenated alkanes) is 7. The Labute approximate surface area is 125 Å². The maximum atomic E-state index is 9.00. The molecule has 0 aliphatic carbocycles. The van der Waals surface area contributed by atoms with Crippen molar-refractivity contribution in [2.75, 3.05) is 0 Å². The lowest BCUT2D eigenvalue weighted by Gasteiger charge is -1.98. The number of hydrogen-bond donors (Lipinski definition) is 1. The first kappa shape index (κ1) is 21.0. The van der Waals surface area contributed by atoms with Crippen LogP contribution in [0.5, 0.6) is 0 Å². The van der Waals surface area contributed by atoms with Gasteiger partial charge in [-0.1, -0.05) is 81.9 Å². The fraction of sp³-hybridized carbons (Fsp3) is 0.611. The van der Waals surface area contributed by atoms with Gasteiger partial charge in [-0.25, -0.2) is 0 Å². The van der Waals surface area contributed by atoms with E-state index >= 15 is 0 Å². The van der Waals surface area contributed by atoms with Gasteiger partial charge in [0.1, 0.15) is 0 Å². The van der Waals surface area contributed by atoms with Crippen LogP contribution in [0.25, 0.3) is 0 Å². The molecule has 0 heterocycles. The maximum Gasteiger partial charge on any atom is 0.300 e. The van der Waals surface area contributed by atoms with Crippen molar-refractivity contribution >= 4 is 5.97 Å². The van der Waals surface area contributed by atoms with Crippen LogP contribution in [0.1, 0.15) is 72.1 Å². The number of rotatable bonds is 10. The largest absolute Gasteiger partial charge is 0.481 e. The van der Waals surface area contributed by atoms with Crippen LogP contribution in [0, 0.1) is 0 Å². The summed E-state index contributed by atoms with van der Waals surface area (Å²) in [6.45, 7) is 5.39. The molecule has 0 aromatic heterocycles. The van der Waals surface area contributed by atoms with Crippen LogP contribution >= 0.6 is 0 Å². The number of carbonyl (C=O) groups is 1. The molecule has 20 heavy (non-hydrogen) atoms. The number of aliphatic carboxylic acids is 1. The fourth-order valence-electron chi connectivity index (χ4n) is 1.63. The average molecular weight is 280 g/mol. The second kappa shape index (κ2) is 20.0. The van der Waals surface area contributed by atoms with Gasteiger partial charge in [-0.2, -0.15) is 0 Å². The topological polar surface area (TPSA) is 37.3 Å². The van der Waals surface area contributed by atoms with E-state index < -0.39 is 5.97 Å². The summed E-state index contributed by atoms with van der Waals surface area (Å²) in [6.07, 6.45) is 23.7. The molecule has 0 bridgehead atoms. The van der Waals surface area contributed by atoms with E-state index in [1.165, 1.54) is 51.4 Å². The van der Waals surface area contributed by atoms with E-state index in [4.69, 9.17) is 9.90 Å². The van der Waals surface area contributed by atoms with Gasteiger partial charge in [0.2, 0.25) is 0 Å². The first-order valence-corrected chi connectivity index (χ1v) is 7.79. The molecular formula is C18H32O2. The summed E-state index contributed by atoms with van der Waals surface area (Å²) in [5, 5.41) is 7.42. The molecule has 0 aromatic rings. The van der Waals surface area contributed by atoms with Gasteiger partial charge in [-0.05, 0) is 19.8 Å². The molecule has 0 amide bonds. The van der Waals surface area contributed by atoms with E-state index in [9.17, 15) is 0 Å². The normalized spacial score (nSPS) is 11.2. The molecular weight excluding hydrogens is 248 g/mol. The molecule has 0 aliphatic rings. The summed E-state index contributed by atoms with van der Waals surface area (Å²) in [5.41, 5.74) is 0. The molecule has 0 radical (unpaired) electrons. The van der Waals surface area contributed by atoms with Crippen LogP contribution in [-0.2, 0) is 4.79 Å². The van der Waals surface area contributed by atoms with Crippen molar-refractivity contribution in [2.45, 2.75) is 72.1 Å². The third kappa shape index (κ3) is 30.1. The van der Waals surface area contributed by atoms with Crippen molar-refractivity contribution in [3.05, 3.63) is 36.5 Å². The van der Waals surface area contributed by atoms with E-state index in [0.29, 0.717) is 0 Å². The highest BCUT2D eigenvalue weighted by Crippen LogP contribution is 2.08. The molecule has 2 heteroatoms. The van der Waals surface area contributed by atoms with E-state index in [2.05, 4.69) is 37.3 Å². The quantitative estimate of drug-likeness (QED) is 0.399. The highest BCUT2D eigenvalue weighted by atomic mass is 16.4. The summed E-state index contributed by atoms with van der Waals surface area (Å²) in [5.74, 6) is -0.833.